The van der Waals surface area contributed by atoms with Crippen molar-refractivity contribution in [3.8, 4) is 11.8 Å². The predicted octanol–water partition coefficient (Wildman–Crippen LogP) is 4.10. The first-order valence-corrected chi connectivity index (χ1v) is 10.1. The third-order valence-electron chi connectivity index (χ3n) is 5.70. The number of furan rings is 1. The Balaban J connectivity index is 1.65. The van der Waals surface area contributed by atoms with Gasteiger partial charge in [-0.3, -0.25) is 14.5 Å². The van der Waals surface area contributed by atoms with Crippen LogP contribution in [0.25, 0.3) is 5.76 Å². The lowest BCUT2D eigenvalue weighted by Crippen LogP contribution is -2.29. The van der Waals surface area contributed by atoms with Crippen LogP contribution in [0.4, 0.5) is 5.69 Å². The fraction of sp³-hybridized carbons (Fsp3) is 0.160. The minimum atomic E-state index is -0.943. The van der Waals surface area contributed by atoms with Gasteiger partial charge in [0.1, 0.15) is 29.4 Å². The van der Waals surface area contributed by atoms with Crippen molar-refractivity contribution in [3.05, 3.63) is 88.9 Å². The Morgan fingerprint density at radius 3 is 2.62 bits per heavy atom. The molecule has 7 nitrogen and oxygen atoms in total. The zero-order chi connectivity index (χ0) is 22.4. The number of hydrogen-bond acceptors (Lipinski definition) is 6. The van der Waals surface area contributed by atoms with Gasteiger partial charge in [0, 0.05) is 17.7 Å². The molecule has 0 spiro atoms. The van der Waals surface area contributed by atoms with E-state index >= 15 is 0 Å². The van der Waals surface area contributed by atoms with Crippen molar-refractivity contribution in [2.75, 3.05) is 4.90 Å². The number of nitriles is 1. The van der Waals surface area contributed by atoms with Crippen molar-refractivity contribution in [1.29, 1.82) is 5.26 Å². The first-order chi connectivity index (χ1) is 15.5. The second-order valence-electron chi connectivity index (χ2n) is 7.80. The summed E-state index contributed by atoms with van der Waals surface area (Å²) in [5.41, 5.74) is 2.15. The average Bonchev–Trinajstić information content (AvgIpc) is 3.51. The molecule has 2 atom stereocenters. The summed E-state index contributed by atoms with van der Waals surface area (Å²) in [6.45, 7) is 1.96. The third-order valence-corrected chi connectivity index (χ3v) is 5.70. The maximum Gasteiger partial charge on any atom is 0.300 e. The Morgan fingerprint density at radius 2 is 1.94 bits per heavy atom. The monoisotopic (exact) mass is 426 g/mol. The Bertz CT molecular complexity index is 1300. The number of Topliss-reactive ketones (excluding diaryl/α,β-unsaturated/α-hetero) is 1. The third kappa shape index (κ3) is 3.05. The lowest BCUT2D eigenvalue weighted by atomic mass is 9.97. The molecule has 2 aliphatic heterocycles. The fourth-order valence-corrected chi connectivity index (χ4v) is 4.24. The van der Waals surface area contributed by atoms with Gasteiger partial charge in [0.15, 0.2) is 0 Å². The van der Waals surface area contributed by atoms with Crippen LogP contribution in [0.15, 0.2) is 70.9 Å². The van der Waals surface area contributed by atoms with Gasteiger partial charge in [-0.05, 0) is 67.1 Å². The number of carbonyl (C=O) groups excluding carboxylic acids is 2. The van der Waals surface area contributed by atoms with E-state index in [0.717, 1.165) is 11.3 Å². The number of aliphatic hydroxyl groups is 1. The first-order valence-electron chi connectivity index (χ1n) is 10.1. The smallest absolute Gasteiger partial charge is 0.300 e. The first kappa shape index (κ1) is 19.6. The molecule has 2 aliphatic rings. The molecule has 0 bridgehead atoms. The number of ether oxygens (including phenoxy) is 1. The minimum absolute atomic E-state index is 0.0347. The Labute approximate surface area is 183 Å². The molecular formula is C25H18N2O5. The molecule has 5 rings (SSSR count). The largest absolute Gasteiger partial charge is 0.507 e. The van der Waals surface area contributed by atoms with E-state index in [0.29, 0.717) is 29.0 Å². The molecule has 2 aromatic carbocycles. The summed E-state index contributed by atoms with van der Waals surface area (Å²) in [5, 5.41) is 20.2. The van der Waals surface area contributed by atoms with Gasteiger partial charge in [0.05, 0.1) is 23.5 Å². The number of fused-ring (bicyclic) bond motifs is 1. The molecule has 1 N–H and O–H groups in total. The lowest BCUT2D eigenvalue weighted by Gasteiger charge is -2.23. The van der Waals surface area contributed by atoms with Crippen LogP contribution in [-0.4, -0.2) is 22.9 Å². The molecule has 1 amide bonds. The van der Waals surface area contributed by atoms with Crippen LogP contribution in [-0.2, 0) is 16.0 Å². The van der Waals surface area contributed by atoms with E-state index in [9.17, 15) is 14.7 Å². The molecular weight excluding hydrogens is 408 g/mol. The van der Waals surface area contributed by atoms with E-state index in [2.05, 4.69) is 0 Å². The lowest BCUT2D eigenvalue weighted by molar-refractivity contribution is -0.132. The summed E-state index contributed by atoms with van der Waals surface area (Å²) in [7, 11) is 0. The average molecular weight is 426 g/mol. The van der Waals surface area contributed by atoms with Gasteiger partial charge in [-0.25, -0.2) is 0 Å². The number of nitrogens with zero attached hydrogens (tertiary/aromatic N) is 2. The zero-order valence-corrected chi connectivity index (χ0v) is 17.1. The highest BCUT2D eigenvalue weighted by Crippen LogP contribution is 2.43. The Kier molecular flexibility index (Phi) is 4.56. The number of anilines is 1. The topological polar surface area (TPSA) is 104 Å². The van der Waals surface area contributed by atoms with Gasteiger partial charge >= 0.3 is 0 Å². The predicted molar refractivity (Wildman–Crippen MR) is 115 cm³/mol. The summed E-state index contributed by atoms with van der Waals surface area (Å²) in [6, 6.07) is 15.9. The zero-order valence-electron chi connectivity index (χ0n) is 17.1. The summed E-state index contributed by atoms with van der Waals surface area (Å²) in [5.74, 6) is -0.778. The fourth-order valence-electron chi connectivity index (χ4n) is 4.24. The van der Waals surface area contributed by atoms with Crippen LogP contribution in [0.5, 0.6) is 5.75 Å². The van der Waals surface area contributed by atoms with Crippen molar-refractivity contribution >= 4 is 23.1 Å². The molecule has 3 heterocycles. The highest BCUT2D eigenvalue weighted by atomic mass is 16.5. The number of ketones is 1. The number of benzene rings is 2. The highest BCUT2D eigenvalue weighted by molar-refractivity contribution is 6.51. The van der Waals surface area contributed by atoms with Gasteiger partial charge < -0.3 is 14.3 Å². The molecule has 1 fully saturated rings. The summed E-state index contributed by atoms with van der Waals surface area (Å²) < 4.78 is 11.3. The molecule has 3 aromatic rings. The number of rotatable bonds is 3. The molecule has 1 aromatic heterocycles. The number of carbonyl (C=O) groups is 2. The Morgan fingerprint density at radius 1 is 1.16 bits per heavy atom. The van der Waals surface area contributed by atoms with Crippen LogP contribution in [0, 0.1) is 11.3 Å². The highest BCUT2D eigenvalue weighted by Gasteiger charge is 2.48. The molecule has 32 heavy (non-hydrogen) atoms. The summed E-state index contributed by atoms with van der Waals surface area (Å²) in [4.78, 5) is 27.4. The Hall–Kier alpha value is -4.31. The van der Waals surface area contributed by atoms with Crippen molar-refractivity contribution in [3.63, 3.8) is 0 Å². The second-order valence-corrected chi connectivity index (χ2v) is 7.80. The summed E-state index contributed by atoms with van der Waals surface area (Å²) in [6.07, 6.45) is 2.17. The van der Waals surface area contributed by atoms with Crippen LogP contribution in [0.1, 0.15) is 35.4 Å². The van der Waals surface area contributed by atoms with Gasteiger partial charge in [0.2, 0.25) is 0 Å². The van der Waals surface area contributed by atoms with E-state index in [-0.39, 0.29) is 17.4 Å². The molecule has 1 saturated heterocycles. The standard InChI is InChI=1S/C25H18N2O5/c1-14-11-17-12-16(6-9-19(17)32-14)23(28)21-22(20-3-2-10-31-20)27(25(30)24(21)29)18-7-4-15(13-26)5-8-18/h2-10,12,14,22,28H,11H2,1H3/b23-21-. The SMILES string of the molecule is CC1Cc2cc(/C(O)=C3/C(=O)C(=O)N(c4ccc(C#N)cc4)C3c3ccco3)ccc2O1. The van der Waals surface area contributed by atoms with E-state index in [4.69, 9.17) is 14.4 Å². The number of amides is 1. The molecule has 158 valence electrons. The van der Waals surface area contributed by atoms with Crippen LogP contribution >= 0.6 is 0 Å². The van der Waals surface area contributed by atoms with Crippen molar-refractivity contribution in [2.45, 2.75) is 25.5 Å². The molecule has 0 saturated carbocycles. The van der Waals surface area contributed by atoms with E-state index in [1.54, 1.807) is 54.6 Å². The van der Waals surface area contributed by atoms with Gasteiger partial charge in [-0.15, -0.1) is 0 Å². The molecule has 2 unspecified atom stereocenters. The molecule has 7 heteroatoms. The van der Waals surface area contributed by atoms with Gasteiger partial charge in [-0.1, -0.05) is 0 Å². The van der Waals surface area contributed by atoms with Gasteiger partial charge in [-0.2, -0.15) is 5.26 Å². The minimum Gasteiger partial charge on any atom is -0.507 e. The van der Waals surface area contributed by atoms with E-state index in [1.807, 2.05) is 13.0 Å². The van der Waals surface area contributed by atoms with Gasteiger partial charge in [0.25, 0.3) is 11.7 Å². The van der Waals surface area contributed by atoms with Crippen LogP contribution < -0.4 is 9.64 Å². The van der Waals surface area contributed by atoms with Crippen LogP contribution in [0.3, 0.4) is 0 Å². The second kappa shape index (κ2) is 7.43. The summed E-state index contributed by atoms with van der Waals surface area (Å²) >= 11 is 0. The van der Waals surface area contributed by atoms with Crippen LogP contribution in [0.2, 0.25) is 0 Å². The van der Waals surface area contributed by atoms with Crippen molar-refractivity contribution < 1.29 is 23.8 Å². The maximum atomic E-state index is 13.1. The normalized spacial score (nSPS) is 21.3. The van der Waals surface area contributed by atoms with E-state index < -0.39 is 17.7 Å². The quantitative estimate of drug-likeness (QED) is 0.384. The maximum absolute atomic E-state index is 13.1. The number of aliphatic hydroxyl groups excluding tert-OH is 1. The van der Waals surface area contributed by atoms with Crippen molar-refractivity contribution in [2.24, 2.45) is 0 Å². The van der Waals surface area contributed by atoms with Crippen molar-refractivity contribution in [1.82, 2.24) is 0 Å². The van der Waals surface area contributed by atoms with E-state index in [1.165, 1.54) is 11.2 Å². The molecule has 0 aliphatic carbocycles. The molecule has 0 radical (unpaired) electrons. The number of hydrogen-bond donors (Lipinski definition) is 1.